The molecule has 0 saturated heterocycles. The molecule has 3 nitrogen and oxygen atoms in total. The van der Waals surface area contributed by atoms with Crippen LogP contribution in [0.2, 0.25) is 0 Å². The molecule has 1 aromatic carbocycles. The van der Waals surface area contributed by atoms with Gasteiger partial charge in [0.25, 0.3) is 0 Å². The van der Waals surface area contributed by atoms with Crippen LogP contribution in [-0.4, -0.2) is 9.97 Å². The Morgan fingerprint density at radius 1 is 1.17 bits per heavy atom. The molecule has 1 atom stereocenters. The number of nitrogens with one attached hydrogen (secondary N) is 1. The number of aromatic nitrogens is 2. The van der Waals surface area contributed by atoms with E-state index >= 15 is 0 Å². The first-order valence-electron chi connectivity index (χ1n) is 8.86. The molecule has 1 aliphatic carbocycles. The first-order valence-corrected chi connectivity index (χ1v) is 9.68. The molecule has 124 valence electrons. The second-order valence-corrected chi connectivity index (χ2v) is 7.64. The number of aryl methyl sites for hydroxylation is 3. The molecule has 0 bridgehead atoms. The molecular weight excluding hydrogens is 314 g/mol. The van der Waals surface area contributed by atoms with Gasteiger partial charge in [0.1, 0.15) is 16.5 Å². The number of anilines is 1. The molecule has 0 amide bonds. The highest BCUT2D eigenvalue weighted by Gasteiger charge is 2.23. The van der Waals surface area contributed by atoms with Crippen LogP contribution in [0.4, 0.5) is 5.82 Å². The molecule has 0 saturated carbocycles. The van der Waals surface area contributed by atoms with Gasteiger partial charge in [-0.25, -0.2) is 9.97 Å². The second kappa shape index (κ2) is 6.52. The maximum absolute atomic E-state index is 4.78. The molecule has 0 spiro atoms. The third kappa shape index (κ3) is 2.80. The van der Waals surface area contributed by atoms with Gasteiger partial charge in [0.2, 0.25) is 0 Å². The zero-order valence-corrected chi connectivity index (χ0v) is 15.1. The summed E-state index contributed by atoms with van der Waals surface area (Å²) < 4.78 is 0. The normalized spacial score (nSPS) is 14.8. The summed E-state index contributed by atoms with van der Waals surface area (Å²) in [5, 5.41) is 5.02. The van der Waals surface area contributed by atoms with Crippen LogP contribution < -0.4 is 5.32 Å². The summed E-state index contributed by atoms with van der Waals surface area (Å²) in [6.07, 6.45) is 5.87. The van der Waals surface area contributed by atoms with Crippen molar-refractivity contribution in [2.24, 2.45) is 0 Å². The summed E-state index contributed by atoms with van der Waals surface area (Å²) in [5.74, 6) is 1.88. The van der Waals surface area contributed by atoms with E-state index in [1.54, 1.807) is 0 Å². The second-order valence-electron chi connectivity index (χ2n) is 6.55. The van der Waals surface area contributed by atoms with Crippen LogP contribution in [0.15, 0.2) is 30.3 Å². The average molecular weight is 337 g/mol. The maximum atomic E-state index is 4.78. The molecule has 0 unspecified atom stereocenters. The monoisotopic (exact) mass is 337 g/mol. The van der Waals surface area contributed by atoms with E-state index in [9.17, 15) is 0 Å². The van der Waals surface area contributed by atoms with E-state index in [-0.39, 0.29) is 0 Å². The molecule has 0 radical (unpaired) electrons. The van der Waals surface area contributed by atoms with Gasteiger partial charge in [0.15, 0.2) is 0 Å². The molecule has 3 aromatic rings. The standard InChI is InChI=1S/C20H23N3S/c1-3-8-16(14-9-5-4-6-10-14)23-19-18-15-11-7-12-17(15)24-20(18)22-13(2)21-19/h4-6,9-10,16H,3,7-8,11-12H2,1-2H3,(H,21,22,23)/t16-/m1/s1. The van der Waals surface area contributed by atoms with Gasteiger partial charge in [-0.2, -0.15) is 0 Å². The van der Waals surface area contributed by atoms with E-state index < -0.39 is 0 Å². The van der Waals surface area contributed by atoms with E-state index in [0.717, 1.165) is 29.3 Å². The van der Waals surface area contributed by atoms with Crippen LogP contribution in [-0.2, 0) is 12.8 Å². The molecule has 2 heterocycles. The summed E-state index contributed by atoms with van der Waals surface area (Å²) >= 11 is 1.86. The lowest BCUT2D eigenvalue weighted by molar-refractivity contribution is 0.675. The van der Waals surface area contributed by atoms with Crippen molar-refractivity contribution >= 4 is 27.4 Å². The minimum absolute atomic E-state index is 0.297. The number of fused-ring (bicyclic) bond motifs is 3. The zero-order valence-electron chi connectivity index (χ0n) is 14.3. The van der Waals surface area contributed by atoms with Crippen molar-refractivity contribution in [2.75, 3.05) is 5.32 Å². The lowest BCUT2D eigenvalue weighted by Crippen LogP contribution is -2.12. The van der Waals surface area contributed by atoms with Gasteiger partial charge < -0.3 is 5.32 Å². The first-order chi connectivity index (χ1) is 11.8. The molecule has 4 heteroatoms. The van der Waals surface area contributed by atoms with Crippen molar-refractivity contribution in [3.05, 3.63) is 52.2 Å². The van der Waals surface area contributed by atoms with Gasteiger partial charge in [0, 0.05) is 4.88 Å². The van der Waals surface area contributed by atoms with Crippen molar-refractivity contribution in [1.82, 2.24) is 9.97 Å². The largest absolute Gasteiger partial charge is 0.363 e. The molecule has 2 aromatic heterocycles. The fourth-order valence-electron chi connectivity index (χ4n) is 3.67. The predicted octanol–water partition coefficient (Wildman–Crippen LogP) is 5.44. The summed E-state index contributed by atoms with van der Waals surface area (Å²) in [6, 6.07) is 11.0. The van der Waals surface area contributed by atoms with Crippen LogP contribution in [0.5, 0.6) is 0 Å². The highest BCUT2D eigenvalue weighted by atomic mass is 32.1. The van der Waals surface area contributed by atoms with E-state index in [4.69, 9.17) is 9.97 Å². The average Bonchev–Trinajstić information content (AvgIpc) is 3.15. The molecule has 0 aliphatic heterocycles. The van der Waals surface area contributed by atoms with E-state index in [2.05, 4.69) is 42.6 Å². The van der Waals surface area contributed by atoms with Gasteiger partial charge in [-0.1, -0.05) is 43.7 Å². The van der Waals surface area contributed by atoms with Crippen LogP contribution in [0.1, 0.15) is 54.1 Å². The quantitative estimate of drug-likeness (QED) is 0.673. The van der Waals surface area contributed by atoms with Crippen LogP contribution in [0.3, 0.4) is 0 Å². The van der Waals surface area contributed by atoms with Crippen LogP contribution in [0.25, 0.3) is 10.2 Å². The SMILES string of the molecule is CCC[C@@H](Nc1nc(C)nc2sc3c(c12)CCC3)c1ccccc1. The van der Waals surface area contributed by atoms with Crippen molar-refractivity contribution in [3.8, 4) is 0 Å². The highest BCUT2D eigenvalue weighted by molar-refractivity contribution is 7.19. The van der Waals surface area contributed by atoms with Crippen molar-refractivity contribution in [3.63, 3.8) is 0 Å². The Morgan fingerprint density at radius 2 is 2.00 bits per heavy atom. The minimum atomic E-state index is 0.297. The van der Waals surface area contributed by atoms with Crippen LogP contribution in [0, 0.1) is 6.92 Å². The van der Waals surface area contributed by atoms with Gasteiger partial charge in [0.05, 0.1) is 11.4 Å². The third-order valence-corrected chi connectivity index (χ3v) is 5.95. The Morgan fingerprint density at radius 3 is 2.79 bits per heavy atom. The summed E-state index contributed by atoms with van der Waals surface area (Å²) in [7, 11) is 0. The smallest absolute Gasteiger partial charge is 0.139 e. The molecule has 1 aliphatic rings. The number of benzene rings is 1. The van der Waals surface area contributed by atoms with Crippen molar-refractivity contribution in [1.29, 1.82) is 0 Å². The molecule has 24 heavy (non-hydrogen) atoms. The fraction of sp³-hybridized carbons (Fsp3) is 0.400. The maximum Gasteiger partial charge on any atom is 0.139 e. The Labute approximate surface area is 147 Å². The van der Waals surface area contributed by atoms with Gasteiger partial charge in [-0.3, -0.25) is 0 Å². The zero-order chi connectivity index (χ0) is 16.5. The Hall–Kier alpha value is -1.94. The third-order valence-electron chi connectivity index (χ3n) is 4.77. The van der Waals surface area contributed by atoms with Crippen molar-refractivity contribution < 1.29 is 0 Å². The van der Waals surface area contributed by atoms with Gasteiger partial charge in [-0.05, 0) is 43.7 Å². The highest BCUT2D eigenvalue weighted by Crippen LogP contribution is 2.40. The van der Waals surface area contributed by atoms with Crippen molar-refractivity contribution in [2.45, 2.75) is 52.0 Å². The lowest BCUT2D eigenvalue weighted by Gasteiger charge is -2.20. The topological polar surface area (TPSA) is 37.8 Å². The Kier molecular flexibility index (Phi) is 4.23. The lowest BCUT2D eigenvalue weighted by atomic mass is 10.0. The number of nitrogens with zero attached hydrogens (tertiary/aromatic N) is 2. The summed E-state index contributed by atoms with van der Waals surface area (Å²) in [6.45, 7) is 4.23. The van der Waals surface area contributed by atoms with Gasteiger partial charge in [-0.15, -0.1) is 11.3 Å². The van der Waals surface area contributed by atoms with E-state index in [1.165, 1.54) is 40.7 Å². The number of rotatable bonds is 5. The molecular formula is C20H23N3S. The fourth-order valence-corrected chi connectivity index (χ4v) is 4.97. The molecule has 1 N–H and O–H groups in total. The molecule has 0 fully saturated rings. The number of hydrogen-bond acceptors (Lipinski definition) is 4. The summed E-state index contributed by atoms with van der Waals surface area (Å²) in [4.78, 5) is 12.1. The van der Waals surface area contributed by atoms with Gasteiger partial charge >= 0.3 is 0 Å². The van der Waals surface area contributed by atoms with E-state index in [0.29, 0.717) is 6.04 Å². The number of hydrogen-bond donors (Lipinski definition) is 1. The summed E-state index contributed by atoms with van der Waals surface area (Å²) in [5.41, 5.74) is 2.82. The first kappa shape index (κ1) is 15.6. The number of thiophene rings is 1. The van der Waals surface area contributed by atoms with E-state index in [1.807, 2.05) is 18.3 Å². The Balaban J connectivity index is 1.77. The predicted molar refractivity (Wildman–Crippen MR) is 102 cm³/mol. The Bertz CT molecular complexity index is 854. The van der Waals surface area contributed by atoms with Crippen LogP contribution >= 0.6 is 11.3 Å². The molecule has 4 rings (SSSR count). The minimum Gasteiger partial charge on any atom is -0.363 e.